The normalized spacial score (nSPS) is 10.3. The van der Waals surface area contributed by atoms with E-state index >= 15 is 0 Å². The Bertz CT molecular complexity index is 983. The molecular formula is C20H19N3O4. The van der Waals surface area contributed by atoms with Gasteiger partial charge >= 0.3 is 0 Å². The van der Waals surface area contributed by atoms with E-state index in [-0.39, 0.29) is 6.42 Å². The van der Waals surface area contributed by atoms with Crippen molar-refractivity contribution in [2.24, 2.45) is 0 Å². The SMILES string of the molecule is COc1ccc(NC(=O)CC(=O)Nc2cccc3cccnc23)c(OC)c1. The fourth-order valence-corrected chi connectivity index (χ4v) is 2.64. The van der Waals surface area contributed by atoms with Crippen LogP contribution in [0.15, 0.2) is 54.7 Å². The maximum Gasteiger partial charge on any atom is 0.233 e. The van der Waals surface area contributed by atoms with Gasteiger partial charge in [-0.2, -0.15) is 0 Å². The first-order valence-electron chi connectivity index (χ1n) is 8.26. The third-order valence-electron chi connectivity index (χ3n) is 3.91. The molecule has 7 heteroatoms. The predicted molar refractivity (Wildman–Crippen MR) is 103 cm³/mol. The number of nitrogens with zero attached hydrogens (tertiary/aromatic N) is 1. The van der Waals surface area contributed by atoms with Crippen molar-refractivity contribution in [2.75, 3.05) is 24.9 Å². The zero-order chi connectivity index (χ0) is 19.2. The summed E-state index contributed by atoms with van der Waals surface area (Å²) in [6.45, 7) is 0. The number of aromatic nitrogens is 1. The molecule has 3 aromatic rings. The number of anilines is 2. The van der Waals surface area contributed by atoms with Crippen LogP contribution in [0, 0.1) is 0 Å². The van der Waals surface area contributed by atoms with Crippen LogP contribution in [-0.4, -0.2) is 31.0 Å². The molecule has 0 radical (unpaired) electrons. The number of carbonyl (C=O) groups is 2. The molecule has 0 atom stereocenters. The number of methoxy groups -OCH3 is 2. The summed E-state index contributed by atoms with van der Waals surface area (Å²) in [5, 5.41) is 6.31. The van der Waals surface area contributed by atoms with Crippen LogP contribution >= 0.6 is 0 Å². The van der Waals surface area contributed by atoms with E-state index in [1.807, 2.05) is 24.3 Å². The smallest absolute Gasteiger partial charge is 0.233 e. The van der Waals surface area contributed by atoms with Crippen LogP contribution in [0.5, 0.6) is 11.5 Å². The van der Waals surface area contributed by atoms with E-state index in [9.17, 15) is 9.59 Å². The molecule has 0 aliphatic rings. The molecule has 2 N–H and O–H groups in total. The topological polar surface area (TPSA) is 89.5 Å². The standard InChI is InChI=1S/C20H19N3O4/c1-26-14-8-9-15(17(11-14)27-2)22-18(24)12-19(25)23-16-7-3-5-13-6-4-10-21-20(13)16/h3-11H,12H2,1-2H3,(H,22,24)(H,23,25). The van der Waals surface area contributed by atoms with Crippen molar-refractivity contribution >= 4 is 34.1 Å². The highest BCUT2D eigenvalue weighted by atomic mass is 16.5. The van der Waals surface area contributed by atoms with Crippen LogP contribution in [0.4, 0.5) is 11.4 Å². The number of hydrogen-bond donors (Lipinski definition) is 2. The van der Waals surface area contributed by atoms with Gasteiger partial charge in [-0.15, -0.1) is 0 Å². The molecule has 0 aliphatic heterocycles. The molecule has 0 saturated heterocycles. The van der Waals surface area contributed by atoms with E-state index in [0.717, 1.165) is 5.39 Å². The van der Waals surface area contributed by atoms with Crippen molar-refractivity contribution < 1.29 is 19.1 Å². The number of benzene rings is 2. The van der Waals surface area contributed by atoms with E-state index in [2.05, 4.69) is 15.6 Å². The van der Waals surface area contributed by atoms with Crippen molar-refractivity contribution in [1.82, 2.24) is 4.98 Å². The third-order valence-corrected chi connectivity index (χ3v) is 3.91. The van der Waals surface area contributed by atoms with Gasteiger partial charge in [-0.1, -0.05) is 18.2 Å². The van der Waals surface area contributed by atoms with Crippen molar-refractivity contribution in [3.63, 3.8) is 0 Å². The zero-order valence-corrected chi connectivity index (χ0v) is 15.0. The van der Waals surface area contributed by atoms with E-state index in [4.69, 9.17) is 9.47 Å². The summed E-state index contributed by atoms with van der Waals surface area (Å²) < 4.78 is 10.4. The zero-order valence-electron chi connectivity index (χ0n) is 15.0. The molecular weight excluding hydrogens is 346 g/mol. The summed E-state index contributed by atoms with van der Waals surface area (Å²) in [6, 6.07) is 14.2. The van der Waals surface area contributed by atoms with Gasteiger partial charge in [-0.25, -0.2) is 0 Å². The number of rotatable bonds is 6. The van der Waals surface area contributed by atoms with E-state index < -0.39 is 11.8 Å². The molecule has 7 nitrogen and oxygen atoms in total. The Labute approximate surface area is 156 Å². The van der Waals surface area contributed by atoms with Crippen molar-refractivity contribution in [3.8, 4) is 11.5 Å². The summed E-state index contributed by atoms with van der Waals surface area (Å²) in [5.74, 6) is 0.162. The molecule has 0 saturated carbocycles. The highest BCUT2D eigenvalue weighted by molar-refractivity contribution is 6.10. The summed E-state index contributed by atoms with van der Waals surface area (Å²) in [4.78, 5) is 28.8. The molecule has 1 heterocycles. The summed E-state index contributed by atoms with van der Waals surface area (Å²) in [6.07, 6.45) is 1.32. The average Bonchev–Trinajstić information content (AvgIpc) is 2.68. The minimum atomic E-state index is -0.454. The van der Waals surface area contributed by atoms with Crippen LogP contribution in [0.25, 0.3) is 10.9 Å². The number of hydrogen-bond acceptors (Lipinski definition) is 5. The highest BCUT2D eigenvalue weighted by Gasteiger charge is 2.14. The molecule has 0 unspecified atom stereocenters. The Morgan fingerprint density at radius 2 is 1.67 bits per heavy atom. The number of amides is 2. The van der Waals surface area contributed by atoms with Gasteiger partial charge in [0.15, 0.2) is 0 Å². The summed E-state index contributed by atoms with van der Waals surface area (Å²) in [5.41, 5.74) is 1.70. The van der Waals surface area contributed by atoms with Gasteiger partial charge in [0.1, 0.15) is 17.9 Å². The van der Waals surface area contributed by atoms with Gasteiger partial charge in [-0.3, -0.25) is 14.6 Å². The lowest BCUT2D eigenvalue weighted by molar-refractivity contribution is -0.123. The van der Waals surface area contributed by atoms with Crippen LogP contribution in [0.2, 0.25) is 0 Å². The number of ether oxygens (including phenoxy) is 2. The molecule has 0 aliphatic carbocycles. The third kappa shape index (κ3) is 4.33. The van der Waals surface area contributed by atoms with Gasteiger partial charge in [0.2, 0.25) is 11.8 Å². The summed E-state index contributed by atoms with van der Waals surface area (Å²) >= 11 is 0. The van der Waals surface area contributed by atoms with Crippen LogP contribution in [0.1, 0.15) is 6.42 Å². The van der Waals surface area contributed by atoms with Crippen molar-refractivity contribution in [2.45, 2.75) is 6.42 Å². The Kier molecular flexibility index (Phi) is 5.51. The maximum absolute atomic E-state index is 12.3. The number of pyridine rings is 1. The van der Waals surface area contributed by atoms with E-state index in [0.29, 0.717) is 28.4 Å². The first kappa shape index (κ1) is 18.2. The van der Waals surface area contributed by atoms with Gasteiger partial charge < -0.3 is 20.1 Å². The van der Waals surface area contributed by atoms with E-state index in [1.54, 1.807) is 37.6 Å². The molecule has 3 rings (SSSR count). The molecule has 2 aromatic carbocycles. The number of carbonyl (C=O) groups excluding carboxylic acids is 2. The first-order chi connectivity index (χ1) is 13.1. The predicted octanol–water partition coefficient (Wildman–Crippen LogP) is 3.22. The Balaban J connectivity index is 1.67. The Hall–Kier alpha value is -3.61. The first-order valence-corrected chi connectivity index (χ1v) is 8.26. The Morgan fingerprint density at radius 1 is 0.926 bits per heavy atom. The molecule has 0 bridgehead atoms. The molecule has 0 spiro atoms. The van der Waals surface area contributed by atoms with Gasteiger partial charge in [0, 0.05) is 17.6 Å². The Morgan fingerprint density at radius 3 is 2.41 bits per heavy atom. The second kappa shape index (κ2) is 8.18. The lowest BCUT2D eigenvalue weighted by Gasteiger charge is -2.12. The second-order valence-corrected chi connectivity index (χ2v) is 5.72. The maximum atomic E-state index is 12.3. The van der Waals surface area contributed by atoms with E-state index in [1.165, 1.54) is 7.11 Å². The monoisotopic (exact) mass is 365 g/mol. The van der Waals surface area contributed by atoms with Crippen LogP contribution in [0.3, 0.4) is 0 Å². The number of fused-ring (bicyclic) bond motifs is 1. The fraction of sp³-hybridized carbons (Fsp3) is 0.150. The largest absolute Gasteiger partial charge is 0.497 e. The van der Waals surface area contributed by atoms with Crippen molar-refractivity contribution in [3.05, 3.63) is 54.7 Å². The molecule has 1 aromatic heterocycles. The summed E-state index contributed by atoms with van der Waals surface area (Å²) in [7, 11) is 3.03. The average molecular weight is 365 g/mol. The van der Waals surface area contributed by atoms with Gasteiger partial charge in [0.05, 0.1) is 31.1 Å². The molecule has 27 heavy (non-hydrogen) atoms. The highest BCUT2D eigenvalue weighted by Crippen LogP contribution is 2.29. The van der Waals surface area contributed by atoms with Gasteiger partial charge in [-0.05, 0) is 24.3 Å². The fourth-order valence-electron chi connectivity index (χ4n) is 2.64. The minimum absolute atomic E-state index is 0.335. The second-order valence-electron chi connectivity index (χ2n) is 5.72. The quantitative estimate of drug-likeness (QED) is 0.655. The molecule has 0 fully saturated rings. The molecule has 138 valence electrons. The number of para-hydroxylation sites is 1. The lowest BCUT2D eigenvalue weighted by Crippen LogP contribution is -2.21. The van der Waals surface area contributed by atoms with Gasteiger partial charge in [0.25, 0.3) is 0 Å². The lowest BCUT2D eigenvalue weighted by atomic mass is 10.2. The van der Waals surface area contributed by atoms with Crippen molar-refractivity contribution in [1.29, 1.82) is 0 Å². The van der Waals surface area contributed by atoms with Crippen LogP contribution in [-0.2, 0) is 9.59 Å². The number of nitrogens with one attached hydrogen (secondary N) is 2. The van der Waals surface area contributed by atoms with Crippen LogP contribution < -0.4 is 20.1 Å². The molecule has 2 amide bonds. The minimum Gasteiger partial charge on any atom is -0.497 e.